The van der Waals surface area contributed by atoms with Crippen molar-refractivity contribution in [2.45, 2.75) is 6.04 Å². The number of benzene rings is 1. The van der Waals surface area contributed by atoms with E-state index in [-0.39, 0.29) is 6.61 Å². The zero-order valence-corrected chi connectivity index (χ0v) is 7.59. The Hall–Kier alpha value is -1.20. The maximum Gasteiger partial charge on any atom is 0.200 e. The molecule has 0 amide bonds. The molecule has 0 aliphatic rings. The van der Waals surface area contributed by atoms with Crippen LogP contribution in [0.4, 0.5) is 8.78 Å². The van der Waals surface area contributed by atoms with Crippen molar-refractivity contribution in [2.75, 3.05) is 13.7 Å². The summed E-state index contributed by atoms with van der Waals surface area (Å²) in [4.78, 5) is 0. The summed E-state index contributed by atoms with van der Waals surface area (Å²) in [7, 11) is 1.57. The molecule has 0 aliphatic carbocycles. The molecule has 0 spiro atoms. The van der Waals surface area contributed by atoms with E-state index in [0.717, 1.165) is 12.1 Å². The van der Waals surface area contributed by atoms with Crippen molar-refractivity contribution in [3.63, 3.8) is 0 Å². The van der Waals surface area contributed by atoms with Crippen molar-refractivity contribution in [2.24, 2.45) is 0 Å². The fraction of sp³-hybridized carbons (Fsp3) is 0.333. The van der Waals surface area contributed by atoms with E-state index in [1.807, 2.05) is 0 Å². The van der Waals surface area contributed by atoms with Gasteiger partial charge in [-0.05, 0) is 24.7 Å². The molecular weight excluding hydrogens is 192 g/mol. The highest BCUT2D eigenvalue weighted by molar-refractivity contribution is 5.32. The fourth-order valence-electron chi connectivity index (χ4n) is 1.16. The second-order valence-electron chi connectivity index (χ2n) is 2.86. The minimum Gasteiger partial charge on any atom is -0.505 e. The minimum absolute atomic E-state index is 0.263. The molecule has 1 unspecified atom stereocenters. The maximum atomic E-state index is 12.8. The Morgan fingerprint density at radius 3 is 2.50 bits per heavy atom. The summed E-state index contributed by atoms with van der Waals surface area (Å²) in [6.45, 7) is -0.263. The lowest BCUT2D eigenvalue weighted by molar-refractivity contribution is 0.250. The number of rotatable bonds is 3. The standard InChI is InChI=1S/C9H11F2NO2/c1-12-7(4-13)5-2-6(10)9(11)8(14)3-5/h2-3,7,12-14H,4H2,1H3. The molecule has 78 valence electrons. The van der Waals surface area contributed by atoms with E-state index < -0.39 is 23.4 Å². The largest absolute Gasteiger partial charge is 0.505 e. The van der Waals surface area contributed by atoms with Crippen LogP contribution in [0, 0.1) is 11.6 Å². The first-order valence-corrected chi connectivity index (χ1v) is 4.06. The minimum atomic E-state index is -1.28. The van der Waals surface area contributed by atoms with E-state index in [2.05, 4.69) is 5.32 Å². The molecule has 1 aromatic carbocycles. The normalized spacial score (nSPS) is 12.9. The van der Waals surface area contributed by atoms with Gasteiger partial charge in [0.15, 0.2) is 17.4 Å². The van der Waals surface area contributed by atoms with Crippen molar-refractivity contribution < 1.29 is 19.0 Å². The van der Waals surface area contributed by atoms with Crippen LogP contribution in [-0.4, -0.2) is 23.9 Å². The number of aromatic hydroxyl groups is 1. The molecule has 14 heavy (non-hydrogen) atoms. The first-order valence-electron chi connectivity index (χ1n) is 4.06. The summed E-state index contributed by atoms with van der Waals surface area (Å²) < 4.78 is 25.5. The van der Waals surface area contributed by atoms with Gasteiger partial charge in [0.1, 0.15) is 0 Å². The van der Waals surface area contributed by atoms with Crippen LogP contribution in [0.2, 0.25) is 0 Å². The highest BCUT2D eigenvalue weighted by Gasteiger charge is 2.14. The molecule has 0 saturated carbocycles. The highest BCUT2D eigenvalue weighted by Crippen LogP contribution is 2.24. The molecule has 3 nitrogen and oxygen atoms in total. The van der Waals surface area contributed by atoms with Crippen molar-refractivity contribution in [1.29, 1.82) is 0 Å². The van der Waals surface area contributed by atoms with Crippen molar-refractivity contribution in [3.8, 4) is 5.75 Å². The predicted octanol–water partition coefficient (Wildman–Crippen LogP) is 0.923. The second-order valence-corrected chi connectivity index (χ2v) is 2.86. The van der Waals surface area contributed by atoms with Crippen LogP contribution in [0.25, 0.3) is 0 Å². The molecule has 0 aromatic heterocycles. The number of hydrogen-bond acceptors (Lipinski definition) is 3. The molecule has 0 radical (unpaired) electrons. The molecule has 3 N–H and O–H groups in total. The second kappa shape index (κ2) is 4.34. The van der Waals surface area contributed by atoms with Gasteiger partial charge >= 0.3 is 0 Å². The van der Waals surface area contributed by atoms with E-state index in [1.165, 1.54) is 0 Å². The van der Waals surface area contributed by atoms with Gasteiger partial charge < -0.3 is 15.5 Å². The van der Waals surface area contributed by atoms with E-state index >= 15 is 0 Å². The molecule has 0 heterocycles. The smallest absolute Gasteiger partial charge is 0.200 e. The summed E-state index contributed by atoms with van der Waals surface area (Å²) in [5.41, 5.74) is 0.298. The highest BCUT2D eigenvalue weighted by atomic mass is 19.2. The summed E-state index contributed by atoms with van der Waals surface area (Å²) in [6.07, 6.45) is 0. The molecule has 5 heteroatoms. The Morgan fingerprint density at radius 1 is 1.43 bits per heavy atom. The van der Waals surface area contributed by atoms with Crippen LogP contribution < -0.4 is 5.32 Å². The van der Waals surface area contributed by atoms with Gasteiger partial charge in [0, 0.05) is 0 Å². The monoisotopic (exact) mass is 203 g/mol. The number of nitrogens with one attached hydrogen (secondary N) is 1. The molecule has 1 rings (SSSR count). The Balaban J connectivity index is 3.11. The van der Waals surface area contributed by atoms with Gasteiger partial charge in [-0.25, -0.2) is 4.39 Å². The van der Waals surface area contributed by atoms with Gasteiger partial charge in [-0.2, -0.15) is 4.39 Å². The number of aliphatic hydroxyl groups excluding tert-OH is 1. The number of likely N-dealkylation sites (N-methyl/N-ethyl adjacent to an activating group) is 1. The third-order valence-electron chi connectivity index (χ3n) is 1.96. The third-order valence-corrected chi connectivity index (χ3v) is 1.96. The molecular formula is C9H11F2NO2. The lowest BCUT2D eigenvalue weighted by Gasteiger charge is -2.13. The van der Waals surface area contributed by atoms with Gasteiger partial charge in [0.05, 0.1) is 12.6 Å². The van der Waals surface area contributed by atoms with Crippen LogP contribution in [-0.2, 0) is 0 Å². The summed E-state index contributed by atoms with van der Waals surface area (Å²) >= 11 is 0. The topological polar surface area (TPSA) is 52.5 Å². The van der Waals surface area contributed by atoms with Gasteiger partial charge in [-0.3, -0.25) is 0 Å². The Kier molecular flexibility index (Phi) is 3.38. The third kappa shape index (κ3) is 2.00. The quantitative estimate of drug-likeness (QED) is 0.684. The average Bonchev–Trinajstić information content (AvgIpc) is 2.16. The number of phenolic OH excluding ortho intramolecular Hbond substituents is 1. The van der Waals surface area contributed by atoms with Crippen LogP contribution in [0.5, 0.6) is 5.75 Å². The maximum absolute atomic E-state index is 12.8. The number of hydrogen-bond donors (Lipinski definition) is 3. The Bertz CT molecular complexity index is 304. The van der Waals surface area contributed by atoms with Crippen molar-refractivity contribution >= 4 is 0 Å². The van der Waals surface area contributed by atoms with Crippen LogP contribution in [0.1, 0.15) is 11.6 Å². The van der Waals surface area contributed by atoms with E-state index in [4.69, 9.17) is 10.2 Å². The van der Waals surface area contributed by atoms with E-state index in [9.17, 15) is 8.78 Å². The van der Waals surface area contributed by atoms with Gasteiger partial charge in [-0.15, -0.1) is 0 Å². The first kappa shape index (κ1) is 10.9. The van der Waals surface area contributed by atoms with Crippen molar-refractivity contribution in [1.82, 2.24) is 5.32 Å². The molecule has 0 bridgehead atoms. The number of phenols is 1. The number of halogens is 2. The summed E-state index contributed by atoms with van der Waals surface area (Å²) in [5, 5.41) is 20.6. The van der Waals surface area contributed by atoms with Gasteiger partial charge in [0.2, 0.25) is 0 Å². The average molecular weight is 203 g/mol. The molecule has 0 aliphatic heterocycles. The van der Waals surface area contributed by atoms with Crippen LogP contribution in [0.3, 0.4) is 0 Å². The molecule has 0 fully saturated rings. The van der Waals surface area contributed by atoms with E-state index in [0.29, 0.717) is 5.56 Å². The van der Waals surface area contributed by atoms with E-state index in [1.54, 1.807) is 7.05 Å². The number of aliphatic hydroxyl groups is 1. The fourth-order valence-corrected chi connectivity index (χ4v) is 1.16. The molecule has 1 atom stereocenters. The first-order chi connectivity index (χ1) is 6.60. The Morgan fingerprint density at radius 2 is 2.07 bits per heavy atom. The van der Waals surface area contributed by atoms with Crippen LogP contribution >= 0.6 is 0 Å². The lowest BCUT2D eigenvalue weighted by Crippen LogP contribution is -2.20. The zero-order chi connectivity index (χ0) is 10.7. The molecule has 0 saturated heterocycles. The van der Waals surface area contributed by atoms with Gasteiger partial charge in [-0.1, -0.05) is 0 Å². The lowest BCUT2D eigenvalue weighted by atomic mass is 10.1. The van der Waals surface area contributed by atoms with Gasteiger partial charge in [0.25, 0.3) is 0 Å². The van der Waals surface area contributed by atoms with Crippen LogP contribution in [0.15, 0.2) is 12.1 Å². The predicted molar refractivity (Wildman–Crippen MR) is 46.9 cm³/mol. The molecule has 1 aromatic rings. The zero-order valence-electron chi connectivity index (χ0n) is 7.59. The summed E-state index contributed by atoms with van der Waals surface area (Å²) in [6, 6.07) is 1.50. The Labute approximate surface area is 80.0 Å². The summed E-state index contributed by atoms with van der Waals surface area (Å²) in [5.74, 6) is -3.16. The van der Waals surface area contributed by atoms with Crippen molar-refractivity contribution in [3.05, 3.63) is 29.3 Å². The SMILES string of the molecule is CNC(CO)c1cc(O)c(F)c(F)c1.